The number of hydrogen-bond donors (Lipinski definition) is 1. The van der Waals surface area contributed by atoms with Crippen LogP contribution in [0.4, 0.5) is 0 Å². The minimum Gasteiger partial charge on any atom is -0.462 e. The predicted octanol–water partition coefficient (Wildman–Crippen LogP) is 12.7. The number of esters is 2. The Morgan fingerprint density at radius 1 is 0.554 bits per heavy atom. The van der Waals surface area contributed by atoms with Crippen LogP contribution in [-0.2, 0) is 32.7 Å². The summed E-state index contributed by atoms with van der Waals surface area (Å²) in [5, 5.41) is 0. The first kappa shape index (κ1) is 54.0. The molecule has 0 saturated carbocycles. The lowest BCUT2D eigenvalue weighted by Crippen LogP contribution is -2.37. The lowest BCUT2D eigenvalue weighted by atomic mass is 10.1. The molecule has 0 aromatic rings. The maximum Gasteiger partial charge on any atom is 0.472 e. The first-order chi connectivity index (χ1) is 27.0. The van der Waals surface area contributed by atoms with Gasteiger partial charge >= 0.3 is 19.8 Å². The van der Waals surface area contributed by atoms with Crippen LogP contribution in [0, 0.1) is 0 Å². The van der Waals surface area contributed by atoms with Crippen molar-refractivity contribution in [3.8, 4) is 0 Å². The van der Waals surface area contributed by atoms with Crippen molar-refractivity contribution in [3.05, 3.63) is 48.6 Å². The second-order valence-electron chi connectivity index (χ2n) is 16.1. The molecule has 0 aromatic carbocycles. The molecule has 0 fully saturated rings. The summed E-state index contributed by atoms with van der Waals surface area (Å²) in [6, 6.07) is 0. The summed E-state index contributed by atoms with van der Waals surface area (Å²) in [6.45, 7) is 4.35. The van der Waals surface area contributed by atoms with Crippen LogP contribution in [0.2, 0.25) is 0 Å². The monoisotopic (exact) mass is 811 g/mol. The van der Waals surface area contributed by atoms with Crippen molar-refractivity contribution in [3.63, 3.8) is 0 Å². The molecule has 0 aromatic heterocycles. The van der Waals surface area contributed by atoms with Gasteiger partial charge in [0.05, 0.1) is 27.7 Å². The van der Waals surface area contributed by atoms with Gasteiger partial charge in [-0.1, -0.05) is 140 Å². The third-order valence-corrected chi connectivity index (χ3v) is 10.3. The summed E-state index contributed by atoms with van der Waals surface area (Å²) >= 11 is 0. The number of likely N-dealkylation sites (N-methyl/N-ethyl adjacent to an activating group) is 1. The maximum absolute atomic E-state index is 12.7. The van der Waals surface area contributed by atoms with Gasteiger partial charge < -0.3 is 18.9 Å². The fourth-order valence-electron chi connectivity index (χ4n) is 5.78. The summed E-state index contributed by atoms with van der Waals surface area (Å²) in [4.78, 5) is 35.4. The quantitative estimate of drug-likeness (QED) is 0.0214. The van der Waals surface area contributed by atoms with Crippen LogP contribution in [0.1, 0.15) is 181 Å². The van der Waals surface area contributed by atoms with Gasteiger partial charge in [0.2, 0.25) is 0 Å². The Kier molecular flexibility index (Phi) is 37.1. The molecule has 2 atom stereocenters. The van der Waals surface area contributed by atoms with E-state index in [1.807, 2.05) is 21.1 Å². The molecule has 0 aliphatic rings. The highest BCUT2D eigenvalue weighted by atomic mass is 31.2. The second kappa shape index (κ2) is 38.5. The topological polar surface area (TPSA) is 108 Å². The van der Waals surface area contributed by atoms with Crippen molar-refractivity contribution in [1.29, 1.82) is 0 Å². The number of rotatable bonds is 40. The molecule has 0 amide bonds. The molecule has 326 valence electrons. The molecular weight excluding hydrogens is 725 g/mol. The smallest absolute Gasteiger partial charge is 0.462 e. The van der Waals surface area contributed by atoms with E-state index in [1.165, 1.54) is 77.0 Å². The summed E-state index contributed by atoms with van der Waals surface area (Å²) in [7, 11) is 1.45. The number of unbranched alkanes of at least 4 members (excludes halogenated alkanes) is 18. The Labute approximate surface area is 343 Å². The number of carbonyl (C=O) groups excluding carboxylic acids is 2. The van der Waals surface area contributed by atoms with Crippen molar-refractivity contribution in [1.82, 2.24) is 0 Å². The van der Waals surface area contributed by atoms with Gasteiger partial charge in [-0.2, -0.15) is 0 Å². The maximum atomic E-state index is 12.7. The van der Waals surface area contributed by atoms with Gasteiger partial charge in [0.1, 0.15) is 19.8 Å². The summed E-state index contributed by atoms with van der Waals surface area (Å²) in [5.74, 6) is -0.842. The molecule has 0 rings (SSSR count). The van der Waals surface area contributed by atoms with Gasteiger partial charge in [-0.15, -0.1) is 0 Å². The zero-order valence-electron chi connectivity index (χ0n) is 36.6. The number of phosphoric acid groups is 1. The molecule has 0 radical (unpaired) electrons. The van der Waals surface area contributed by atoms with E-state index in [-0.39, 0.29) is 26.1 Å². The highest BCUT2D eigenvalue weighted by Gasteiger charge is 2.27. The minimum atomic E-state index is -4.38. The van der Waals surface area contributed by atoms with Gasteiger partial charge in [0.15, 0.2) is 6.10 Å². The number of allylic oxidation sites excluding steroid dienone is 8. The molecule has 1 unspecified atom stereocenters. The zero-order chi connectivity index (χ0) is 41.4. The Bertz CT molecular complexity index is 1100. The lowest BCUT2D eigenvalue weighted by Gasteiger charge is -2.24. The molecule has 0 spiro atoms. The second-order valence-corrected chi connectivity index (χ2v) is 17.5. The highest BCUT2D eigenvalue weighted by Crippen LogP contribution is 2.43. The lowest BCUT2D eigenvalue weighted by molar-refractivity contribution is -0.870. The molecule has 0 aliphatic carbocycles. The summed E-state index contributed by atoms with van der Waals surface area (Å²) < 4.78 is 34.3. The van der Waals surface area contributed by atoms with Gasteiger partial charge in [-0.05, 0) is 77.0 Å². The molecule has 0 saturated heterocycles. The van der Waals surface area contributed by atoms with E-state index >= 15 is 0 Å². The Morgan fingerprint density at radius 2 is 0.964 bits per heavy atom. The van der Waals surface area contributed by atoms with E-state index < -0.39 is 32.5 Å². The Morgan fingerprint density at radius 3 is 1.39 bits per heavy atom. The number of phosphoric ester groups is 1. The van der Waals surface area contributed by atoms with E-state index in [0.29, 0.717) is 23.9 Å². The Balaban J connectivity index is 4.43. The van der Waals surface area contributed by atoms with Crippen LogP contribution in [0.3, 0.4) is 0 Å². The predicted molar refractivity (Wildman–Crippen MR) is 233 cm³/mol. The van der Waals surface area contributed by atoms with Crippen LogP contribution in [0.15, 0.2) is 48.6 Å². The van der Waals surface area contributed by atoms with Crippen LogP contribution in [-0.4, -0.2) is 74.9 Å². The molecule has 0 aliphatic heterocycles. The minimum absolute atomic E-state index is 0.0236. The molecule has 56 heavy (non-hydrogen) atoms. The van der Waals surface area contributed by atoms with Crippen LogP contribution < -0.4 is 0 Å². The van der Waals surface area contributed by atoms with Crippen molar-refractivity contribution in [2.24, 2.45) is 0 Å². The van der Waals surface area contributed by atoms with Gasteiger partial charge in [0, 0.05) is 12.8 Å². The summed E-state index contributed by atoms with van der Waals surface area (Å²) in [5.41, 5.74) is 0. The van der Waals surface area contributed by atoms with Gasteiger partial charge in [-0.3, -0.25) is 18.6 Å². The van der Waals surface area contributed by atoms with Gasteiger partial charge in [0.25, 0.3) is 0 Å². The van der Waals surface area contributed by atoms with Crippen molar-refractivity contribution in [2.45, 2.75) is 187 Å². The molecule has 0 bridgehead atoms. The molecule has 9 nitrogen and oxygen atoms in total. The first-order valence-electron chi connectivity index (χ1n) is 22.4. The number of nitrogens with zero attached hydrogens (tertiary/aromatic N) is 1. The van der Waals surface area contributed by atoms with Crippen molar-refractivity contribution < 1.29 is 42.1 Å². The van der Waals surface area contributed by atoms with Crippen LogP contribution in [0.25, 0.3) is 0 Å². The van der Waals surface area contributed by atoms with Crippen LogP contribution >= 0.6 is 7.82 Å². The van der Waals surface area contributed by atoms with Crippen molar-refractivity contribution in [2.75, 3.05) is 47.5 Å². The SMILES string of the molecule is CCCCCCC/C=C/C/C=C/CCCCCCC(=O)OC[C@H](COP(=O)(O)OCC[N+](C)(C)C)OC(=O)CCCCCC/C=C/C/C=C/CCCCCCC. The Hall–Kier alpha value is -2.03. The van der Waals surface area contributed by atoms with E-state index in [1.54, 1.807) is 0 Å². The zero-order valence-corrected chi connectivity index (χ0v) is 37.5. The number of hydrogen-bond acceptors (Lipinski definition) is 7. The molecule has 10 heteroatoms. The highest BCUT2D eigenvalue weighted by molar-refractivity contribution is 7.47. The van der Waals surface area contributed by atoms with Crippen molar-refractivity contribution >= 4 is 19.8 Å². The number of quaternary nitrogens is 1. The van der Waals surface area contributed by atoms with E-state index in [2.05, 4.69) is 62.5 Å². The van der Waals surface area contributed by atoms with E-state index in [9.17, 15) is 19.0 Å². The number of carbonyl (C=O) groups is 2. The van der Waals surface area contributed by atoms with E-state index in [4.69, 9.17) is 18.5 Å². The molecule has 1 N–H and O–H groups in total. The fraction of sp³-hybridized carbons (Fsp3) is 0.783. The summed E-state index contributed by atoms with van der Waals surface area (Å²) in [6.07, 6.45) is 44.4. The average molecular weight is 811 g/mol. The third kappa shape index (κ3) is 41.6. The first-order valence-corrected chi connectivity index (χ1v) is 23.9. The van der Waals surface area contributed by atoms with Crippen LogP contribution in [0.5, 0.6) is 0 Å². The largest absolute Gasteiger partial charge is 0.472 e. The standard InChI is InChI=1S/C46H84NO8P/c1-6-8-10-12-14-16-18-20-22-24-26-28-30-32-34-36-38-45(48)52-42-44(43-54-56(50,51)53-41-40-47(3,4)5)55-46(49)39-37-35-33-31-29-27-25-23-21-19-17-15-13-11-9-7-2/h18-21,24-27,44H,6-17,22-23,28-43H2,1-5H3/p+1/b20-18+,21-19+,26-24+,27-25+/t44-/m1/s1. The average Bonchev–Trinajstić information content (AvgIpc) is 3.15. The fourth-order valence-corrected chi connectivity index (χ4v) is 6.52. The molecular formula is C46H85NO8P+. The van der Waals surface area contributed by atoms with E-state index in [0.717, 1.165) is 64.2 Å². The normalized spacial score (nSPS) is 14.0. The van der Waals surface area contributed by atoms with Gasteiger partial charge in [-0.25, -0.2) is 4.57 Å². The number of ether oxygens (including phenoxy) is 2. The molecule has 0 heterocycles. The third-order valence-electron chi connectivity index (χ3n) is 9.33.